The predicted octanol–water partition coefficient (Wildman–Crippen LogP) is 3.44. The Bertz CT molecular complexity index is 487. The second-order valence-corrected chi connectivity index (χ2v) is 5.03. The van der Waals surface area contributed by atoms with Crippen LogP contribution in [0.1, 0.15) is 16.6 Å². The lowest BCUT2D eigenvalue weighted by molar-refractivity contribution is 0.576. The van der Waals surface area contributed by atoms with Crippen molar-refractivity contribution >= 4 is 22.9 Å². The van der Waals surface area contributed by atoms with Gasteiger partial charge in [0.15, 0.2) is 0 Å². The molecule has 0 bridgehead atoms. The molecule has 1 N–H and O–H groups in total. The number of halogens is 2. The minimum Gasteiger partial charge on any atom is -0.313 e. The van der Waals surface area contributed by atoms with Crippen LogP contribution in [0, 0.1) is 5.82 Å². The molecule has 0 fully saturated rings. The molecule has 1 aromatic carbocycles. The molecule has 0 radical (unpaired) electrons. The highest BCUT2D eigenvalue weighted by Gasteiger charge is 2.13. The van der Waals surface area contributed by atoms with Crippen LogP contribution in [0.5, 0.6) is 0 Å². The first-order chi connectivity index (χ1) is 8.20. The molecule has 1 heterocycles. The number of nitrogens with one attached hydrogen (secondary N) is 1. The van der Waals surface area contributed by atoms with Gasteiger partial charge in [0.25, 0.3) is 0 Å². The Kier molecular flexibility index (Phi) is 4.10. The summed E-state index contributed by atoms with van der Waals surface area (Å²) in [5, 5.41) is 6.27. The van der Waals surface area contributed by atoms with Crippen LogP contribution in [0.2, 0.25) is 5.02 Å². The molecule has 2 rings (SSSR count). The topological polar surface area (TPSA) is 24.9 Å². The first kappa shape index (κ1) is 12.5. The van der Waals surface area contributed by atoms with E-state index in [9.17, 15) is 4.39 Å². The minimum atomic E-state index is -0.386. The molecule has 0 saturated carbocycles. The Labute approximate surface area is 108 Å². The van der Waals surface area contributed by atoms with E-state index in [-0.39, 0.29) is 16.9 Å². The van der Waals surface area contributed by atoms with Crippen LogP contribution in [-0.2, 0) is 6.42 Å². The molecule has 0 aliphatic carbocycles. The van der Waals surface area contributed by atoms with Gasteiger partial charge in [-0.1, -0.05) is 17.7 Å². The molecule has 0 spiro atoms. The summed E-state index contributed by atoms with van der Waals surface area (Å²) < 4.78 is 13.4. The number of hydrogen-bond donors (Lipinski definition) is 1. The molecule has 0 aliphatic rings. The Morgan fingerprint density at radius 2 is 2.35 bits per heavy atom. The summed E-state index contributed by atoms with van der Waals surface area (Å²) in [5.74, 6) is -0.386. The average Bonchev–Trinajstić information content (AvgIpc) is 2.82. The lowest BCUT2D eigenvalue weighted by Crippen LogP contribution is -2.18. The van der Waals surface area contributed by atoms with Gasteiger partial charge >= 0.3 is 0 Å². The minimum absolute atomic E-state index is 0.0490. The zero-order valence-electron chi connectivity index (χ0n) is 9.28. The molecular weight excluding hydrogens is 259 g/mol. The Morgan fingerprint density at radius 3 is 2.94 bits per heavy atom. The SMILES string of the molecule is CNC(Cc1nccs1)c1ccc(Cl)c(F)c1. The fourth-order valence-electron chi connectivity index (χ4n) is 1.64. The standard InChI is InChI=1S/C12H12ClFN2S/c1-15-11(7-12-16-4-5-17-12)8-2-3-9(13)10(14)6-8/h2-6,11,15H,7H2,1H3. The molecule has 5 heteroatoms. The normalized spacial score (nSPS) is 12.6. The number of thiazole rings is 1. The highest BCUT2D eigenvalue weighted by atomic mass is 35.5. The molecule has 1 atom stereocenters. The summed E-state index contributed by atoms with van der Waals surface area (Å²) in [6.07, 6.45) is 2.52. The van der Waals surface area contributed by atoms with E-state index in [4.69, 9.17) is 11.6 Å². The van der Waals surface area contributed by atoms with E-state index in [1.54, 1.807) is 23.6 Å². The van der Waals surface area contributed by atoms with Gasteiger partial charge in [-0.05, 0) is 24.7 Å². The number of likely N-dealkylation sites (N-methyl/N-ethyl adjacent to an activating group) is 1. The molecule has 90 valence electrons. The lowest BCUT2D eigenvalue weighted by Gasteiger charge is -2.15. The summed E-state index contributed by atoms with van der Waals surface area (Å²) >= 11 is 7.26. The maximum absolute atomic E-state index is 13.4. The number of benzene rings is 1. The molecular formula is C12H12ClFN2S. The van der Waals surface area contributed by atoms with Crippen molar-refractivity contribution in [3.8, 4) is 0 Å². The van der Waals surface area contributed by atoms with E-state index in [1.807, 2.05) is 18.5 Å². The second kappa shape index (κ2) is 5.58. The van der Waals surface area contributed by atoms with Gasteiger partial charge in [-0.15, -0.1) is 11.3 Å². The van der Waals surface area contributed by atoms with Crippen molar-refractivity contribution in [2.45, 2.75) is 12.5 Å². The maximum atomic E-state index is 13.4. The summed E-state index contributed by atoms with van der Waals surface area (Å²) in [6, 6.07) is 4.93. The van der Waals surface area contributed by atoms with Gasteiger partial charge in [-0.2, -0.15) is 0 Å². The third kappa shape index (κ3) is 3.03. The van der Waals surface area contributed by atoms with E-state index >= 15 is 0 Å². The summed E-state index contributed by atoms with van der Waals surface area (Å²) in [4.78, 5) is 4.23. The zero-order chi connectivity index (χ0) is 12.3. The zero-order valence-corrected chi connectivity index (χ0v) is 10.9. The third-order valence-electron chi connectivity index (χ3n) is 2.56. The van der Waals surface area contributed by atoms with Gasteiger partial charge in [-0.25, -0.2) is 9.37 Å². The third-order valence-corrected chi connectivity index (χ3v) is 3.67. The van der Waals surface area contributed by atoms with Crippen molar-refractivity contribution < 1.29 is 4.39 Å². The van der Waals surface area contributed by atoms with E-state index in [0.29, 0.717) is 0 Å². The molecule has 17 heavy (non-hydrogen) atoms. The molecule has 2 aromatic rings. The maximum Gasteiger partial charge on any atom is 0.142 e. The van der Waals surface area contributed by atoms with Crippen LogP contribution >= 0.6 is 22.9 Å². The Morgan fingerprint density at radius 1 is 1.53 bits per heavy atom. The highest BCUT2D eigenvalue weighted by Crippen LogP contribution is 2.23. The first-order valence-electron chi connectivity index (χ1n) is 5.21. The van der Waals surface area contributed by atoms with Gasteiger partial charge in [-0.3, -0.25) is 0 Å². The fraction of sp³-hybridized carbons (Fsp3) is 0.250. The van der Waals surface area contributed by atoms with Crippen LogP contribution in [0.3, 0.4) is 0 Å². The van der Waals surface area contributed by atoms with Crippen molar-refractivity contribution in [1.82, 2.24) is 10.3 Å². The van der Waals surface area contributed by atoms with Crippen molar-refractivity contribution in [2.24, 2.45) is 0 Å². The van der Waals surface area contributed by atoms with Crippen molar-refractivity contribution in [1.29, 1.82) is 0 Å². The molecule has 1 unspecified atom stereocenters. The van der Waals surface area contributed by atoms with E-state index in [0.717, 1.165) is 17.0 Å². The fourth-order valence-corrected chi connectivity index (χ4v) is 2.43. The smallest absolute Gasteiger partial charge is 0.142 e. The van der Waals surface area contributed by atoms with E-state index in [2.05, 4.69) is 10.3 Å². The predicted molar refractivity (Wildman–Crippen MR) is 69.0 cm³/mol. The van der Waals surface area contributed by atoms with E-state index < -0.39 is 0 Å². The van der Waals surface area contributed by atoms with Crippen molar-refractivity contribution in [2.75, 3.05) is 7.05 Å². The second-order valence-electron chi connectivity index (χ2n) is 3.64. The van der Waals surface area contributed by atoms with Crippen LogP contribution in [0.25, 0.3) is 0 Å². The van der Waals surface area contributed by atoms with Crippen molar-refractivity contribution in [3.63, 3.8) is 0 Å². The van der Waals surface area contributed by atoms with Crippen LogP contribution in [0.15, 0.2) is 29.8 Å². The first-order valence-corrected chi connectivity index (χ1v) is 6.47. The molecule has 1 aromatic heterocycles. The summed E-state index contributed by atoms with van der Waals surface area (Å²) in [5.41, 5.74) is 0.879. The quantitative estimate of drug-likeness (QED) is 0.921. The Balaban J connectivity index is 2.20. The van der Waals surface area contributed by atoms with Gasteiger partial charge in [0.2, 0.25) is 0 Å². The molecule has 2 nitrogen and oxygen atoms in total. The van der Waals surface area contributed by atoms with Gasteiger partial charge in [0.1, 0.15) is 5.82 Å². The van der Waals surface area contributed by atoms with Gasteiger partial charge in [0.05, 0.1) is 10.0 Å². The van der Waals surface area contributed by atoms with E-state index in [1.165, 1.54) is 6.07 Å². The molecule has 0 amide bonds. The summed E-state index contributed by atoms with van der Waals surface area (Å²) in [6.45, 7) is 0. The number of aromatic nitrogens is 1. The van der Waals surface area contributed by atoms with Crippen LogP contribution in [0.4, 0.5) is 4.39 Å². The summed E-state index contributed by atoms with van der Waals surface area (Å²) in [7, 11) is 1.85. The van der Waals surface area contributed by atoms with Gasteiger partial charge < -0.3 is 5.32 Å². The monoisotopic (exact) mass is 270 g/mol. The average molecular weight is 271 g/mol. The highest BCUT2D eigenvalue weighted by molar-refractivity contribution is 7.09. The van der Waals surface area contributed by atoms with Crippen LogP contribution < -0.4 is 5.32 Å². The number of hydrogen-bond acceptors (Lipinski definition) is 3. The molecule has 0 aliphatic heterocycles. The van der Waals surface area contributed by atoms with Crippen molar-refractivity contribution in [3.05, 3.63) is 51.2 Å². The Hall–Kier alpha value is -0.970. The molecule has 0 saturated heterocycles. The van der Waals surface area contributed by atoms with Crippen LogP contribution in [-0.4, -0.2) is 12.0 Å². The number of rotatable bonds is 4. The largest absolute Gasteiger partial charge is 0.313 e. The number of nitrogens with zero attached hydrogens (tertiary/aromatic N) is 1. The lowest BCUT2D eigenvalue weighted by atomic mass is 10.0. The van der Waals surface area contributed by atoms with Gasteiger partial charge in [0, 0.05) is 24.0 Å².